The number of benzene rings is 1. The molecule has 9 atom stereocenters. The fraction of sp³-hybridized carbons (Fsp3) is 0.814. The van der Waals surface area contributed by atoms with Gasteiger partial charge >= 0.3 is 0 Å². The lowest BCUT2D eigenvalue weighted by atomic mass is 9.76. The van der Waals surface area contributed by atoms with E-state index < -0.39 is 22.7 Å². The Labute approximate surface area is 316 Å². The van der Waals surface area contributed by atoms with E-state index in [0.717, 1.165) is 53.9 Å². The summed E-state index contributed by atoms with van der Waals surface area (Å²) in [6, 6.07) is 0. The fourth-order valence-electron chi connectivity index (χ4n) is 8.01. The Morgan fingerprint density at radius 2 is 1.33 bits per heavy atom. The Morgan fingerprint density at radius 1 is 0.765 bits per heavy atom. The highest BCUT2D eigenvalue weighted by Gasteiger charge is 2.50. The van der Waals surface area contributed by atoms with Gasteiger partial charge in [0.25, 0.3) is 8.32 Å². The number of rotatable bonds is 6. The maximum atomic E-state index is 12.1. The first kappa shape index (κ1) is 44.1. The number of hydrogen-bond acceptors (Lipinski definition) is 6. The van der Waals surface area contributed by atoms with Crippen LogP contribution in [0.5, 0.6) is 17.2 Å². The van der Waals surface area contributed by atoms with Crippen molar-refractivity contribution in [2.75, 3.05) is 14.2 Å². The van der Waals surface area contributed by atoms with Gasteiger partial charge in [-0.1, -0.05) is 87.8 Å². The van der Waals surface area contributed by atoms with Gasteiger partial charge in [0.2, 0.25) is 0 Å². The molecule has 2 heterocycles. The second-order valence-electron chi connectivity index (χ2n) is 19.8. The monoisotopic (exact) mass is 747 g/mol. The van der Waals surface area contributed by atoms with Gasteiger partial charge in [-0.2, -0.15) is 0 Å². The molecule has 0 aromatic heterocycles. The number of hydrogen-bond donors (Lipinski definition) is 1. The van der Waals surface area contributed by atoms with Crippen molar-refractivity contribution >= 4 is 16.6 Å². The molecule has 0 radical (unpaired) electrons. The molecule has 2 bridgehead atoms. The molecule has 1 fully saturated rings. The maximum absolute atomic E-state index is 12.1. The number of methoxy groups -OCH3 is 2. The summed E-state index contributed by atoms with van der Waals surface area (Å²) in [6.07, 6.45) is 5.94. The summed E-state index contributed by atoms with van der Waals surface area (Å²) in [5, 5.41) is 12.1. The highest BCUT2D eigenvalue weighted by Crippen LogP contribution is 2.55. The molecule has 1 aromatic rings. The molecule has 3 rings (SSSR count). The van der Waals surface area contributed by atoms with E-state index in [1.807, 2.05) is 0 Å². The van der Waals surface area contributed by atoms with Crippen LogP contribution in [0, 0.1) is 36.5 Å². The van der Waals surface area contributed by atoms with Crippen molar-refractivity contribution in [3.63, 3.8) is 0 Å². The molecule has 0 unspecified atom stereocenters. The third-order valence-corrected chi connectivity index (χ3v) is 22.0. The van der Waals surface area contributed by atoms with Gasteiger partial charge in [0.05, 0.1) is 38.6 Å². The Morgan fingerprint density at radius 3 is 1.86 bits per heavy atom. The molecule has 294 valence electrons. The van der Waals surface area contributed by atoms with Gasteiger partial charge in [-0.25, -0.2) is 0 Å². The molecule has 51 heavy (non-hydrogen) atoms. The Bertz CT molecular complexity index is 1360. The van der Waals surface area contributed by atoms with E-state index in [2.05, 4.69) is 122 Å². The SMILES string of the molecule is COc1c(C)c(OC)c(O[Si](C)(C)C(C)(C)C)c2c1C[C@@H](O)[C@@H](C)C[C@H](C)C/C(C)=C/[C@@H](C)CC[C@H]1O[C@@H]2[C@H](C)[C@@H](O[Si](C)(C)C(C)(C)C)[C@H]1C. The lowest BCUT2D eigenvalue weighted by Gasteiger charge is -2.50. The predicted molar refractivity (Wildman–Crippen MR) is 220 cm³/mol. The van der Waals surface area contributed by atoms with Gasteiger partial charge in [-0.3, -0.25) is 0 Å². The molecule has 0 aliphatic carbocycles. The lowest BCUT2D eigenvalue weighted by molar-refractivity contribution is -0.165. The van der Waals surface area contributed by atoms with Crippen LogP contribution >= 0.6 is 0 Å². The lowest BCUT2D eigenvalue weighted by Crippen LogP contribution is -2.53. The van der Waals surface area contributed by atoms with Crippen molar-refractivity contribution in [2.24, 2.45) is 29.6 Å². The summed E-state index contributed by atoms with van der Waals surface area (Å²) >= 11 is 0. The number of aliphatic hydroxyl groups is 1. The van der Waals surface area contributed by atoms with Crippen LogP contribution in [-0.4, -0.2) is 54.3 Å². The van der Waals surface area contributed by atoms with Crippen LogP contribution in [0.25, 0.3) is 0 Å². The first-order valence-electron chi connectivity index (χ1n) is 19.9. The van der Waals surface area contributed by atoms with Crippen molar-refractivity contribution in [3.8, 4) is 17.2 Å². The standard InChI is InChI=1S/C43H78O6Si2/c1-26-20-21-35-30(5)37(48-50(16,17)42(8,9)10)31(6)39(47-35)36-33(25-34(44)29(4)24-28(3)23-27(2)22-26)38(45-14)32(7)40(46-15)41(36)49-51(18,19)43(11,12)13/h22,26,28-31,34-35,37,39,44H,20-21,23-25H2,1-19H3/b27-22+/t26-,28+,29-,30-,31+,34+,35+,37-,39+/m0/s1. The Balaban J connectivity index is 2.45. The molecule has 2 aliphatic heterocycles. The summed E-state index contributed by atoms with van der Waals surface area (Å²) < 4.78 is 34.9. The predicted octanol–water partition coefficient (Wildman–Crippen LogP) is 11.8. The van der Waals surface area contributed by atoms with Gasteiger partial charge < -0.3 is 28.2 Å². The number of ether oxygens (including phenoxy) is 3. The van der Waals surface area contributed by atoms with Crippen LogP contribution in [0.4, 0.5) is 0 Å². The molecule has 1 N–H and O–H groups in total. The van der Waals surface area contributed by atoms with Crippen molar-refractivity contribution in [1.82, 2.24) is 0 Å². The second-order valence-corrected chi connectivity index (χ2v) is 29.3. The normalized spacial score (nSPS) is 31.7. The minimum absolute atomic E-state index is 0.0102. The third-order valence-electron chi connectivity index (χ3n) is 13.2. The zero-order chi connectivity index (χ0) is 39.0. The van der Waals surface area contributed by atoms with E-state index in [0.29, 0.717) is 24.0 Å². The summed E-state index contributed by atoms with van der Waals surface area (Å²) in [5.41, 5.74) is 4.29. The number of allylic oxidation sites excluding steroid dienone is 2. The number of aliphatic hydroxyl groups excluding tert-OH is 1. The average molecular weight is 747 g/mol. The van der Waals surface area contributed by atoms with Gasteiger partial charge in [0, 0.05) is 34.9 Å². The van der Waals surface area contributed by atoms with Crippen LogP contribution in [0.15, 0.2) is 11.6 Å². The van der Waals surface area contributed by atoms with E-state index in [-0.39, 0.29) is 46.1 Å². The molecule has 6 nitrogen and oxygen atoms in total. The van der Waals surface area contributed by atoms with Gasteiger partial charge in [-0.15, -0.1) is 0 Å². The van der Waals surface area contributed by atoms with Crippen LogP contribution in [0.3, 0.4) is 0 Å². The molecular weight excluding hydrogens is 669 g/mol. The van der Waals surface area contributed by atoms with E-state index in [1.54, 1.807) is 14.2 Å². The largest absolute Gasteiger partial charge is 0.541 e. The van der Waals surface area contributed by atoms with Crippen molar-refractivity contribution < 1.29 is 28.2 Å². The number of fused-ring (bicyclic) bond motifs is 4. The zero-order valence-electron chi connectivity index (χ0n) is 36.3. The average Bonchev–Trinajstić information content (AvgIpc) is 2.97. The van der Waals surface area contributed by atoms with Gasteiger partial charge in [0.15, 0.2) is 19.8 Å². The summed E-state index contributed by atoms with van der Waals surface area (Å²) in [5.74, 6) is 3.43. The molecule has 2 aliphatic rings. The fourth-order valence-corrected chi connectivity index (χ4v) is 10.5. The minimum Gasteiger partial charge on any atom is -0.541 e. The van der Waals surface area contributed by atoms with E-state index >= 15 is 0 Å². The topological polar surface area (TPSA) is 66.4 Å². The maximum Gasteiger partial charge on any atom is 0.250 e. The molecular formula is C43H78O6Si2. The van der Waals surface area contributed by atoms with Crippen LogP contribution in [-0.2, 0) is 15.6 Å². The van der Waals surface area contributed by atoms with Crippen molar-refractivity contribution in [2.45, 2.75) is 183 Å². The third kappa shape index (κ3) is 9.87. The van der Waals surface area contributed by atoms with Crippen LogP contribution in [0.1, 0.15) is 132 Å². The van der Waals surface area contributed by atoms with Crippen molar-refractivity contribution in [1.29, 1.82) is 0 Å². The Hall–Kier alpha value is -1.33. The van der Waals surface area contributed by atoms with E-state index in [1.165, 1.54) is 5.57 Å². The summed E-state index contributed by atoms with van der Waals surface area (Å²) in [7, 11) is -1.07. The van der Waals surface area contributed by atoms with Gasteiger partial charge in [-0.05, 0) is 93.5 Å². The quantitative estimate of drug-likeness (QED) is 0.231. The molecule has 1 aromatic carbocycles. The first-order chi connectivity index (χ1) is 23.3. The van der Waals surface area contributed by atoms with Crippen molar-refractivity contribution in [3.05, 3.63) is 28.3 Å². The highest BCUT2D eigenvalue weighted by molar-refractivity contribution is 6.75. The van der Waals surface area contributed by atoms with Crippen LogP contribution < -0.4 is 13.9 Å². The molecule has 0 saturated carbocycles. The van der Waals surface area contributed by atoms with E-state index in [4.69, 9.17) is 23.1 Å². The molecule has 8 heteroatoms. The zero-order valence-corrected chi connectivity index (χ0v) is 38.3. The first-order valence-corrected chi connectivity index (χ1v) is 25.7. The Kier molecular flexibility index (Phi) is 14.3. The van der Waals surface area contributed by atoms with Crippen LogP contribution in [0.2, 0.25) is 36.3 Å². The second kappa shape index (κ2) is 16.6. The van der Waals surface area contributed by atoms with Gasteiger partial charge in [0.1, 0.15) is 5.75 Å². The molecule has 1 saturated heterocycles. The summed E-state index contributed by atoms with van der Waals surface area (Å²) in [4.78, 5) is 0. The molecule has 0 amide bonds. The minimum atomic E-state index is -2.38. The highest BCUT2D eigenvalue weighted by atomic mass is 28.4. The molecule has 0 spiro atoms. The van der Waals surface area contributed by atoms with E-state index in [9.17, 15) is 5.11 Å². The summed E-state index contributed by atoms with van der Waals surface area (Å²) in [6.45, 7) is 39.0. The smallest absolute Gasteiger partial charge is 0.250 e.